The molecule has 3 atom stereocenters. The Hall–Kier alpha value is -2.64. The summed E-state index contributed by atoms with van der Waals surface area (Å²) in [7, 11) is 3.70. The summed E-state index contributed by atoms with van der Waals surface area (Å²) in [6.07, 6.45) is 2.65. The molecule has 1 aliphatic heterocycles. The fraction of sp³-hybridized carbons (Fsp3) is 0.520. The molecule has 0 radical (unpaired) electrons. The van der Waals surface area contributed by atoms with Gasteiger partial charge in [-0.3, -0.25) is 4.79 Å². The van der Waals surface area contributed by atoms with Crippen LogP contribution in [0.15, 0.2) is 36.5 Å². The fourth-order valence-corrected chi connectivity index (χ4v) is 4.13. The van der Waals surface area contributed by atoms with Crippen LogP contribution < -0.4 is 9.47 Å². The summed E-state index contributed by atoms with van der Waals surface area (Å²) in [6.45, 7) is 8.21. The molecule has 1 aromatic heterocycles. The summed E-state index contributed by atoms with van der Waals surface area (Å²) < 4.78 is 11.8. The van der Waals surface area contributed by atoms with Crippen molar-refractivity contribution in [3.05, 3.63) is 42.1 Å². The van der Waals surface area contributed by atoms with E-state index in [0.717, 1.165) is 30.6 Å². The molecule has 0 bridgehead atoms. The number of pyridine rings is 1. The number of para-hydroxylation sites is 1. The first-order valence-corrected chi connectivity index (χ1v) is 11.3. The van der Waals surface area contributed by atoms with Crippen molar-refractivity contribution in [1.29, 1.82) is 0 Å². The molecule has 2 aromatic rings. The number of hydrogen-bond acceptors (Lipinski definition) is 6. The van der Waals surface area contributed by atoms with Gasteiger partial charge in [0.05, 0.1) is 19.8 Å². The third-order valence-corrected chi connectivity index (χ3v) is 6.04. The summed E-state index contributed by atoms with van der Waals surface area (Å²) in [5.41, 5.74) is 2.04. The van der Waals surface area contributed by atoms with Crippen LogP contribution in [0.1, 0.15) is 37.6 Å². The highest BCUT2D eigenvalue weighted by Crippen LogP contribution is 2.34. The number of benzene rings is 1. The first-order chi connectivity index (χ1) is 15.4. The van der Waals surface area contributed by atoms with Gasteiger partial charge in [0.2, 0.25) is 5.88 Å². The summed E-state index contributed by atoms with van der Waals surface area (Å²) in [5, 5.41) is 9.82. The highest BCUT2D eigenvalue weighted by Gasteiger charge is 2.34. The largest absolute Gasteiger partial charge is 0.496 e. The molecule has 1 aliphatic rings. The molecule has 3 rings (SSSR count). The smallest absolute Gasteiger partial charge is 0.259 e. The van der Waals surface area contributed by atoms with Gasteiger partial charge in [-0.05, 0) is 39.1 Å². The van der Waals surface area contributed by atoms with Crippen LogP contribution in [0.3, 0.4) is 0 Å². The molecule has 7 nitrogen and oxygen atoms in total. The minimum atomic E-state index is -0.306. The minimum Gasteiger partial charge on any atom is -0.496 e. The predicted molar refractivity (Wildman–Crippen MR) is 125 cm³/mol. The van der Waals surface area contributed by atoms with Crippen LogP contribution in [0.25, 0.3) is 11.1 Å². The Morgan fingerprint density at radius 3 is 2.78 bits per heavy atom. The van der Waals surface area contributed by atoms with Crippen molar-refractivity contribution in [2.75, 3.05) is 40.4 Å². The highest BCUT2D eigenvalue weighted by atomic mass is 16.5. The van der Waals surface area contributed by atoms with Crippen LogP contribution in [0.5, 0.6) is 11.6 Å². The van der Waals surface area contributed by atoms with Gasteiger partial charge in [0.15, 0.2) is 0 Å². The number of methoxy groups -OCH3 is 1. The van der Waals surface area contributed by atoms with Gasteiger partial charge in [-0.25, -0.2) is 4.98 Å². The molecule has 7 heteroatoms. The van der Waals surface area contributed by atoms with Gasteiger partial charge in [-0.15, -0.1) is 0 Å². The molecule has 0 aliphatic carbocycles. The quantitative estimate of drug-likeness (QED) is 0.677. The average Bonchev–Trinajstić information content (AvgIpc) is 2.80. The summed E-state index contributed by atoms with van der Waals surface area (Å²) >= 11 is 0. The summed E-state index contributed by atoms with van der Waals surface area (Å²) in [4.78, 5) is 22.1. The number of aliphatic hydroxyl groups is 1. The second kappa shape index (κ2) is 10.8. The maximum absolute atomic E-state index is 13.6. The van der Waals surface area contributed by atoms with Crippen LogP contribution in [0.4, 0.5) is 0 Å². The van der Waals surface area contributed by atoms with Gasteiger partial charge in [-0.1, -0.05) is 32.0 Å². The third kappa shape index (κ3) is 5.22. The monoisotopic (exact) mass is 441 g/mol. The lowest BCUT2D eigenvalue weighted by molar-refractivity contribution is 0.0331. The second-order valence-corrected chi connectivity index (χ2v) is 8.66. The van der Waals surface area contributed by atoms with Crippen LogP contribution in [0, 0.1) is 5.92 Å². The van der Waals surface area contributed by atoms with E-state index in [-0.39, 0.29) is 30.6 Å². The Labute approximate surface area is 191 Å². The molecule has 1 N–H and O–H groups in total. The molecule has 0 spiro atoms. The number of likely N-dealkylation sites (N-methyl/N-ethyl adjacent to an activating group) is 1. The van der Waals surface area contributed by atoms with Crippen molar-refractivity contribution in [3.8, 4) is 22.8 Å². The molecular weight excluding hydrogens is 406 g/mol. The van der Waals surface area contributed by atoms with Crippen LogP contribution in [0.2, 0.25) is 0 Å². The Morgan fingerprint density at radius 1 is 1.34 bits per heavy atom. The number of aromatic nitrogens is 1. The van der Waals surface area contributed by atoms with E-state index in [2.05, 4.69) is 30.8 Å². The number of ether oxygens (including phenoxy) is 2. The number of carbonyl (C=O) groups is 1. The molecule has 0 saturated carbocycles. The van der Waals surface area contributed by atoms with Gasteiger partial charge in [-0.2, -0.15) is 0 Å². The molecule has 0 unspecified atom stereocenters. The number of fused-ring (bicyclic) bond motifs is 1. The lowest BCUT2D eigenvalue weighted by atomic mass is 9.99. The molecule has 174 valence electrons. The van der Waals surface area contributed by atoms with Crippen molar-refractivity contribution in [2.24, 2.45) is 5.92 Å². The average molecular weight is 442 g/mol. The van der Waals surface area contributed by atoms with Gasteiger partial charge < -0.3 is 24.4 Å². The number of amides is 1. The van der Waals surface area contributed by atoms with Gasteiger partial charge in [0.25, 0.3) is 5.91 Å². The maximum Gasteiger partial charge on any atom is 0.259 e. The summed E-state index contributed by atoms with van der Waals surface area (Å²) in [6, 6.07) is 9.17. The maximum atomic E-state index is 13.6. The molecule has 0 fully saturated rings. The standard InChI is InChI=1S/C25H35N3O4/c1-6-11-27(4)15-23-17(2)14-28(18(3)16-29)25(30)21-12-19(13-26-24(21)32-23)20-9-7-8-10-22(20)31-5/h7-10,12-13,17-18,23,29H,6,11,14-16H2,1-5H3/t17-,18+,23-/m0/s1. The zero-order valence-electron chi connectivity index (χ0n) is 19.7. The number of nitrogens with zero attached hydrogens (tertiary/aromatic N) is 3. The van der Waals surface area contributed by atoms with Crippen molar-refractivity contribution < 1.29 is 19.4 Å². The highest BCUT2D eigenvalue weighted by molar-refractivity contribution is 5.98. The second-order valence-electron chi connectivity index (χ2n) is 8.66. The molecule has 32 heavy (non-hydrogen) atoms. The van der Waals surface area contributed by atoms with Crippen molar-refractivity contribution in [2.45, 2.75) is 39.3 Å². The van der Waals surface area contributed by atoms with E-state index in [4.69, 9.17) is 9.47 Å². The van der Waals surface area contributed by atoms with E-state index in [1.54, 1.807) is 18.2 Å². The van der Waals surface area contributed by atoms with Gasteiger partial charge in [0.1, 0.15) is 17.4 Å². The fourth-order valence-electron chi connectivity index (χ4n) is 4.13. The van der Waals surface area contributed by atoms with Gasteiger partial charge in [0, 0.05) is 36.3 Å². The molecule has 2 heterocycles. The van der Waals surface area contributed by atoms with E-state index < -0.39 is 0 Å². The molecule has 0 saturated heterocycles. The lowest BCUT2D eigenvalue weighted by Gasteiger charge is -2.37. The van der Waals surface area contributed by atoms with E-state index in [1.807, 2.05) is 37.3 Å². The van der Waals surface area contributed by atoms with Crippen LogP contribution >= 0.6 is 0 Å². The van der Waals surface area contributed by atoms with Crippen LogP contribution in [-0.4, -0.2) is 78.3 Å². The zero-order chi connectivity index (χ0) is 23.3. The first-order valence-electron chi connectivity index (χ1n) is 11.3. The Morgan fingerprint density at radius 2 is 2.09 bits per heavy atom. The van der Waals surface area contributed by atoms with Crippen molar-refractivity contribution in [1.82, 2.24) is 14.8 Å². The molecular formula is C25H35N3O4. The Kier molecular flexibility index (Phi) is 8.10. The molecule has 1 amide bonds. The van der Waals surface area contributed by atoms with E-state index in [1.165, 1.54) is 0 Å². The number of carbonyl (C=O) groups excluding carboxylic acids is 1. The van der Waals surface area contributed by atoms with E-state index in [9.17, 15) is 9.90 Å². The van der Waals surface area contributed by atoms with Crippen molar-refractivity contribution >= 4 is 5.91 Å². The van der Waals surface area contributed by atoms with Gasteiger partial charge >= 0.3 is 0 Å². The zero-order valence-corrected chi connectivity index (χ0v) is 19.7. The van der Waals surface area contributed by atoms with E-state index in [0.29, 0.717) is 23.7 Å². The first kappa shape index (κ1) is 24.0. The summed E-state index contributed by atoms with van der Waals surface area (Å²) in [5.74, 6) is 0.945. The Bertz CT molecular complexity index is 920. The number of hydrogen-bond donors (Lipinski definition) is 1. The number of rotatable bonds is 8. The minimum absolute atomic E-state index is 0.0797. The predicted octanol–water partition coefficient (Wildman–Crippen LogP) is 3.32. The normalized spacial score (nSPS) is 19.7. The third-order valence-electron chi connectivity index (χ3n) is 6.04. The molecule has 1 aromatic carbocycles. The van der Waals surface area contributed by atoms with E-state index >= 15 is 0 Å². The van der Waals surface area contributed by atoms with Crippen molar-refractivity contribution in [3.63, 3.8) is 0 Å². The Balaban J connectivity index is 2.06. The van der Waals surface area contributed by atoms with Crippen LogP contribution in [-0.2, 0) is 0 Å². The lowest BCUT2D eigenvalue weighted by Crippen LogP contribution is -2.50. The SMILES string of the molecule is CCCN(C)C[C@@H]1Oc2ncc(-c3ccccc3OC)cc2C(=O)N([C@H](C)CO)C[C@@H]1C. The topological polar surface area (TPSA) is 75.1 Å². The number of aliphatic hydroxyl groups excluding tert-OH is 1.